The lowest BCUT2D eigenvalue weighted by Crippen LogP contribution is -2.55. The Labute approximate surface area is 156 Å². The van der Waals surface area contributed by atoms with Crippen molar-refractivity contribution in [2.45, 2.75) is 24.8 Å². The number of aromatic nitrogens is 3. The number of carbonyl (C=O) groups excluding carboxylic acids is 1. The predicted molar refractivity (Wildman–Crippen MR) is 103 cm³/mol. The summed E-state index contributed by atoms with van der Waals surface area (Å²) >= 11 is 1.57. The lowest BCUT2D eigenvalue weighted by atomic mass is 9.78. The fourth-order valence-electron chi connectivity index (χ4n) is 3.03. The number of nitrogens with one attached hydrogen (secondary N) is 2. The average Bonchev–Trinajstić information content (AvgIpc) is 3.06. The van der Waals surface area contributed by atoms with Crippen LogP contribution in [0.1, 0.15) is 19.3 Å². The molecule has 3 heterocycles. The van der Waals surface area contributed by atoms with Crippen molar-refractivity contribution in [3.8, 4) is 0 Å². The van der Waals surface area contributed by atoms with Crippen LogP contribution in [0, 0.1) is 0 Å². The van der Waals surface area contributed by atoms with E-state index in [-0.39, 0.29) is 23.9 Å². The van der Waals surface area contributed by atoms with Crippen molar-refractivity contribution in [2.75, 3.05) is 23.7 Å². The number of rotatable bonds is 4. The van der Waals surface area contributed by atoms with Gasteiger partial charge in [-0.25, -0.2) is 9.97 Å². The molecule has 1 fully saturated rings. The second-order valence-electron chi connectivity index (χ2n) is 6.37. The Morgan fingerprint density at radius 2 is 2.28 bits per heavy atom. The minimum atomic E-state index is -0.209. The molecule has 1 saturated carbocycles. The van der Waals surface area contributed by atoms with Crippen LogP contribution >= 0.6 is 24.2 Å². The van der Waals surface area contributed by atoms with Gasteiger partial charge in [-0.3, -0.25) is 4.79 Å². The van der Waals surface area contributed by atoms with Crippen LogP contribution in [-0.2, 0) is 4.79 Å². The summed E-state index contributed by atoms with van der Waals surface area (Å²) in [4.78, 5) is 26.9. The molecule has 9 heteroatoms. The molecule has 0 spiro atoms. The van der Waals surface area contributed by atoms with E-state index in [1.165, 1.54) is 6.33 Å². The number of hydrogen-bond donors (Lipinski definition) is 3. The van der Waals surface area contributed by atoms with Gasteiger partial charge in [0.2, 0.25) is 0 Å². The van der Waals surface area contributed by atoms with Crippen LogP contribution in [0.3, 0.4) is 0 Å². The zero-order valence-electron chi connectivity index (χ0n) is 13.7. The van der Waals surface area contributed by atoms with Gasteiger partial charge in [-0.15, -0.1) is 24.2 Å². The minimum absolute atomic E-state index is 0. The first-order chi connectivity index (χ1) is 11.6. The summed E-state index contributed by atoms with van der Waals surface area (Å²) in [6.45, 7) is 1.35. The highest BCUT2D eigenvalue weighted by molar-refractivity contribution is 8.04. The number of amides is 1. The van der Waals surface area contributed by atoms with Gasteiger partial charge in [0.15, 0.2) is 0 Å². The summed E-state index contributed by atoms with van der Waals surface area (Å²) in [5, 5.41) is 3.93. The van der Waals surface area contributed by atoms with Crippen LogP contribution < -0.4 is 16.0 Å². The van der Waals surface area contributed by atoms with Crippen LogP contribution in [0.15, 0.2) is 29.7 Å². The molecular formula is C16H21ClN6OS. The summed E-state index contributed by atoms with van der Waals surface area (Å²) in [5.41, 5.74) is 6.77. The van der Waals surface area contributed by atoms with Crippen LogP contribution in [0.4, 0.5) is 5.82 Å². The van der Waals surface area contributed by atoms with Crippen molar-refractivity contribution in [3.63, 3.8) is 0 Å². The third-order valence-corrected chi connectivity index (χ3v) is 5.63. The summed E-state index contributed by atoms with van der Waals surface area (Å²) in [6.07, 6.45) is 8.38. The molecule has 7 nitrogen and oxygen atoms in total. The average molecular weight is 381 g/mol. The molecule has 1 aliphatic carbocycles. The molecule has 0 saturated heterocycles. The van der Waals surface area contributed by atoms with Crippen LogP contribution in [0.25, 0.3) is 11.0 Å². The normalized spacial score (nSPS) is 18.9. The Kier molecular flexibility index (Phi) is 5.21. The minimum Gasteiger partial charge on any atom is -0.350 e. The van der Waals surface area contributed by atoms with Crippen LogP contribution in [-0.4, -0.2) is 45.2 Å². The van der Waals surface area contributed by atoms with Crippen LogP contribution in [0.2, 0.25) is 0 Å². The van der Waals surface area contributed by atoms with Crippen molar-refractivity contribution in [2.24, 2.45) is 5.73 Å². The number of carbonyl (C=O) groups is 1. The molecule has 25 heavy (non-hydrogen) atoms. The van der Waals surface area contributed by atoms with E-state index in [1.807, 2.05) is 23.4 Å². The van der Waals surface area contributed by atoms with E-state index in [0.717, 1.165) is 48.4 Å². The standard InChI is InChI=1S/C16H20N6OS.ClH/c17-16(3-1-4-16)9-19-15(23)12-8-22(6-7-24-12)14-11-2-5-18-13(11)20-10-21-14;/h2,5,8,10H,1,3-4,6-7,9,17H2,(H,19,23)(H,18,20,21);1H. The topological polar surface area (TPSA) is 99.9 Å². The summed E-state index contributed by atoms with van der Waals surface area (Å²) in [7, 11) is 0. The molecule has 134 valence electrons. The fraction of sp³-hybridized carbons (Fsp3) is 0.438. The van der Waals surface area contributed by atoms with Gasteiger partial charge >= 0.3 is 0 Å². The maximum atomic E-state index is 12.5. The SMILES string of the molecule is Cl.NC1(CNC(=O)C2=CN(c3ncnc4[nH]ccc34)CCS2)CCC1. The number of halogens is 1. The Balaban J connectivity index is 0.00000182. The molecule has 4 rings (SSSR count). The third-order valence-electron chi connectivity index (χ3n) is 4.64. The molecule has 0 atom stereocenters. The van der Waals surface area contributed by atoms with Gasteiger partial charge < -0.3 is 20.9 Å². The maximum Gasteiger partial charge on any atom is 0.259 e. The highest BCUT2D eigenvalue weighted by Crippen LogP contribution is 2.30. The van der Waals surface area contributed by atoms with Gasteiger partial charge in [0.25, 0.3) is 5.91 Å². The first-order valence-electron chi connectivity index (χ1n) is 8.11. The number of nitrogens with two attached hydrogens (primary N) is 1. The molecule has 0 unspecified atom stereocenters. The molecule has 2 aromatic heterocycles. The van der Waals surface area contributed by atoms with Gasteiger partial charge in [0, 0.05) is 36.8 Å². The summed E-state index contributed by atoms with van der Waals surface area (Å²) in [5.74, 6) is 1.60. The molecule has 2 aliphatic rings. The van der Waals surface area contributed by atoms with E-state index < -0.39 is 0 Å². The van der Waals surface area contributed by atoms with Gasteiger partial charge in [0.1, 0.15) is 17.8 Å². The second kappa shape index (κ2) is 7.23. The lowest BCUT2D eigenvalue weighted by Gasteiger charge is -2.38. The number of anilines is 1. The Morgan fingerprint density at radius 1 is 1.44 bits per heavy atom. The van der Waals surface area contributed by atoms with E-state index in [9.17, 15) is 4.79 Å². The van der Waals surface area contributed by atoms with E-state index in [1.54, 1.807) is 11.8 Å². The zero-order valence-corrected chi connectivity index (χ0v) is 15.3. The van der Waals surface area contributed by atoms with E-state index >= 15 is 0 Å². The molecule has 1 amide bonds. The van der Waals surface area contributed by atoms with E-state index in [2.05, 4.69) is 20.3 Å². The molecule has 4 N–H and O–H groups in total. The highest BCUT2D eigenvalue weighted by Gasteiger charge is 2.33. The molecule has 0 aromatic carbocycles. The summed E-state index contributed by atoms with van der Waals surface area (Å²) in [6, 6.07) is 1.95. The van der Waals surface area contributed by atoms with Gasteiger partial charge in [-0.1, -0.05) is 0 Å². The first kappa shape index (κ1) is 18.0. The van der Waals surface area contributed by atoms with E-state index in [4.69, 9.17) is 5.73 Å². The largest absolute Gasteiger partial charge is 0.350 e. The smallest absolute Gasteiger partial charge is 0.259 e. The number of aromatic amines is 1. The molecule has 1 aliphatic heterocycles. The third kappa shape index (κ3) is 3.61. The summed E-state index contributed by atoms with van der Waals surface area (Å²) < 4.78 is 0. The van der Waals surface area contributed by atoms with Crippen molar-refractivity contribution in [1.82, 2.24) is 20.3 Å². The maximum absolute atomic E-state index is 12.5. The lowest BCUT2D eigenvalue weighted by molar-refractivity contribution is -0.117. The van der Waals surface area contributed by atoms with Crippen molar-refractivity contribution in [1.29, 1.82) is 0 Å². The Morgan fingerprint density at radius 3 is 3.04 bits per heavy atom. The molecule has 0 radical (unpaired) electrons. The van der Waals surface area contributed by atoms with Crippen LogP contribution in [0.5, 0.6) is 0 Å². The molecular weight excluding hydrogens is 360 g/mol. The Bertz CT molecular complexity index is 803. The first-order valence-corrected chi connectivity index (χ1v) is 9.10. The number of thioether (sulfide) groups is 1. The number of hydrogen-bond acceptors (Lipinski definition) is 6. The molecule has 2 aromatic rings. The quantitative estimate of drug-likeness (QED) is 0.747. The number of H-pyrrole nitrogens is 1. The van der Waals surface area contributed by atoms with Gasteiger partial charge in [-0.2, -0.15) is 0 Å². The predicted octanol–water partition coefficient (Wildman–Crippen LogP) is 1.77. The van der Waals surface area contributed by atoms with Crippen molar-refractivity contribution >= 4 is 46.9 Å². The zero-order chi connectivity index (χ0) is 16.6. The monoisotopic (exact) mass is 380 g/mol. The molecule has 0 bridgehead atoms. The number of nitrogens with zero attached hydrogens (tertiary/aromatic N) is 3. The van der Waals surface area contributed by atoms with Gasteiger partial charge in [-0.05, 0) is 25.3 Å². The van der Waals surface area contributed by atoms with Crippen molar-refractivity contribution in [3.05, 3.63) is 29.7 Å². The van der Waals surface area contributed by atoms with Gasteiger partial charge in [0.05, 0.1) is 10.3 Å². The Hall–Kier alpha value is -1.77. The fourth-order valence-corrected chi connectivity index (χ4v) is 3.94. The number of fused-ring (bicyclic) bond motifs is 1. The van der Waals surface area contributed by atoms with Crippen molar-refractivity contribution < 1.29 is 4.79 Å². The second-order valence-corrected chi connectivity index (χ2v) is 7.51. The van der Waals surface area contributed by atoms with E-state index in [0.29, 0.717) is 11.4 Å². The highest BCUT2D eigenvalue weighted by atomic mass is 35.5.